The van der Waals surface area contributed by atoms with Gasteiger partial charge in [0.2, 0.25) is 10.0 Å². The molecule has 0 saturated carbocycles. The Morgan fingerprint density at radius 2 is 1.65 bits per heavy atom. The average Bonchev–Trinajstić information content (AvgIpc) is 3.01. The quantitative estimate of drug-likeness (QED) is 0.818. The van der Waals surface area contributed by atoms with Gasteiger partial charge in [-0.25, -0.2) is 12.7 Å². The van der Waals surface area contributed by atoms with E-state index in [9.17, 15) is 8.42 Å². The molecule has 4 rings (SSSR count). The van der Waals surface area contributed by atoms with E-state index in [0.29, 0.717) is 13.1 Å². The molecule has 1 spiro atoms. The summed E-state index contributed by atoms with van der Waals surface area (Å²) in [5, 5.41) is 0. The molecule has 1 fully saturated rings. The lowest BCUT2D eigenvalue weighted by atomic mass is 9.75. The Balaban J connectivity index is 1.42. The van der Waals surface area contributed by atoms with Crippen molar-refractivity contribution < 1.29 is 8.42 Å². The van der Waals surface area contributed by atoms with Gasteiger partial charge in [-0.15, -0.1) is 0 Å². The van der Waals surface area contributed by atoms with Crippen molar-refractivity contribution >= 4 is 22.2 Å². The fraction of sp³-hybridized carbons (Fsp3) is 0.273. The van der Waals surface area contributed by atoms with Gasteiger partial charge in [0.15, 0.2) is 0 Å². The van der Waals surface area contributed by atoms with E-state index in [1.54, 1.807) is 10.4 Å². The Labute approximate surface area is 155 Å². The lowest BCUT2D eigenvalue weighted by molar-refractivity contribution is 0.275. The molecule has 1 saturated heterocycles. The molecule has 0 aromatic heterocycles. The zero-order valence-electron chi connectivity index (χ0n) is 14.7. The van der Waals surface area contributed by atoms with E-state index in [-0.39, 0.29) is 11.2 Å². The zero-order valence-corrected chi connectivity index (χ0v) is 15.5. The van der Waals surface area contributed by atoms with Crippen molar-refractivity contribution in [3.63, 3.8) is 0 Å². The van der Waals surface area contributed by atoms with Crippen molar-refractivity contribution in [2.24, 2.45) is 0 Å². The highest BCUT2D eigenvalue weighted by molar-refractivity contribution is 7.89. The van der Waals surface area contributed by atoms with Gasteiger partial charge >= 0.3 is 0 Å². The maximum absolute atomic E-state index is 12.7. The molecule has 0 bridgehead atoms. The predicted octanol–water partition coefficient (Wildman–Crippen LogP) is 4.09. The Kier molecular flexibility index (Phi) is 4.55. The lowest BCUT2D eigenvalue weighted by Gasteiger charge is -2.38. The second kappa shape index (κ2) is 6.86. The van der Waals surface area contributed by atoms with Crippen LogP contribution in [0.25, 0.3) is 12.2 Å². The van der Waals surface area contributed by atoms with Crippen LogP contribution in [0.4, 0.5) is 0 Å². The van der Waals surface area contributed by atoms with E-state index in [4.69, 9.17) is 0 Å². The molecule has 0 amide bonds. The van der Waals surface area contributed by atoms with Crippen LogP contribution in [0.3, 0.4) is 0 Å². The lowest BCUT2D eigenvalue weighted by Crippen LogP contribution is -2.44. The second-order valence-corrected chi connectivity index (χ2v) is 9.08. The minimum atomic E-state index is -3.25. The van der Waals surface area contributed by atoms with Crippen LogP contribution in [-0.2, 0) is 15.4 Å². The van der Waals surface area contributed by atoms with E-state index in [1.807, 2.05) is 36.4 Å². The first kappa shape index (κ1) is 17.3. The summed E-state index contributed by atoms with van der Waals surface area (Å²) in [5.41, 5.74) is 3.66. The van der Waals surface area contributed by atoms with Crippen LogP contribution in [0.1, 0.15) is 29.5 Å². The van der Waals surface area contributed by atoms with Gasteiger partial charge in [-0.1, -0.05) is 78.9 Å². The number of nitrogens with zero attached hydrogens (tertiary/aromatic N) is 1. The average molecular weight is 365 g/mol. The predicted molar refractivity (Wildman–Crippen MR) is 107 cm³/mol. The van der Waals surface area contributed by atoms with E-state index in [1.165, 1.54) is 11.1 Å². The molecule has 3 nitrogen and oxygen atoms in total. The van der Waals surface area contributed by atoms with Crippen molar-refractivity contribution in [3.8, 4) is 0 Å². The van der Waals surface area contributed by atoms with Gasteiger partial charge in [-0.3, -0.25) is 0 Å². The highest BCUT2D eigenvalue weighted by atomic mass is 32.2. The topological polar surface area (TPSA) is 37.4 Å². The largest absolute Gasteiger partial charge is 0.217 e. The van der Waals surface area contributed by atoms with Crippen molar-refractivity contribution in [1.82, 2.24) is 4.31 Å². The molecule has 0 N–H and O–H groups in total. The number of piperidine rings is 1. The molecule has 0 radical (unpaired) electrons. The molecule has 2 aromatic rings. The number of allylic oxidation sites excluding steroid dienone is 1. The van der Waals surface area contributed by atoms with Crippen LogP contribution >= 0.6 is 0 Å². The number of hydrogen-bond donors (Lipinski definition) is 0. The summed E-state index contributed by atoms with van der Waals surface area (Å²) in [6.07, 6.45) is 9.78. The van der Waals surface area contributed by atoms with Crippen LogP contribution in [0.5, 0.6) is 0 Å². The van der Waals surface area contributed by atoms with Gasteiger partial charge in [-0.2, -0.15) is 0 Å². The van der Waals surface area contributed by atoms with E-state index in [0.717, 1.165) is 18.4 Å². The summed E-state index contributed by atoms with van der Waals surface area (Å²) < 4.78 is 27.0. The maximum atomic E-state index is 12.7. The van der Waals surface area contributed by atoms with Crippen molar-refractivity contribution in [3.05, 3.63) is 83.4 Å². The summed E-state index contributed by atoms with van der Waals surface area (Å²) in [6.45, 7) is 1.17. The van der Waals surface area contributed by atoms with E-state index < -0.39 is 10.0 Å². The third-order valence-corrected chi connectivity index (χ3v) is 7.27. The third kappa shape index (κ3) is 3.27. The number of hydrogen-bond acceptors (Lipinski definition) is 2. The van der Waals surface area contributed by atoms with Crippen LogP contribution in [0, 0.1) is 0 Å². The minimum Gasteiger partial charge on any atom is -0.212 e. The van der Waals surface area contributed by atoms with Gasteiger partial charge in [0, 0.05) is 18.5 Å². The molecule has 0 unspecified atom stereocenters. The monoisotopic (exact) mass is 365 g/mol. The Morgan fingerprint density at radius 1 is 0.962 bits per heavy atom. The van der Waals surface area contributed by atoms with Crippen LogP contribution in [-0.4, -0.2) is 31.6 Å². The molecule has 0 atom stereocenters. The first-order valence-corrected chi connectivity index (χ1v) is 10.7. The van der Waals surface area contributed by atoms with Gasteiger partial charge in [0.05, 0.1) is 5.75 Å². The third-order valence-electron chi connectivity index (χ3n) is 5.50. The molecular weight excluding hydrogens is 342 g/mol. The molecule has 4 heteroatoms. The number of benzene rings is 2. The highest BCUT2D eigenvalue weighted by Crippen LogP contribution is 2.43. The fourth-order valence-corrected chi connectivity index (χ4v) is 5.30. The Hall–Kier alpha value is -2.17. The smallest absolute Gasteiger partial charge is 0.212 e. The van der Waals surface area contributed by atoms with Gasteiger partial charge in [-0.05, 0) is 29.5 Å². The van der Waals surface area contributed by atoms with E-state index in [2.05, 4.69) is 36.4 Å². The standard InChI is InChI=1S/C22H23NO2S/c24-26(25,18-6-9-19-7-2-1-3-8-19)23-16-14-22(15-17-23)13-12-20-10-4-5-11-21(20)22/h1-13H,14-18H2/b9-6+. The van der Waals surface area contributed by atoms with Gasteiger partial charge in [0.1, 0.15) is 0 Å². The van der Waals surface area contributed by atoms with Crippen LogP contribution in [0.2, 0.25) is 0 Å². The Bertz CT molecular complexity index is 937. The molecule has 2 aromatic carbocycles. The second-order valence-electron chi connectivity index (χ2n) is 7.07. The fourth-order valence-electron chi connectivity index (χ4n) is 4.01. The van der Waals surface area contributed by atoms with E-state index >= 15 is 0 Å². The maximum Gasteiger partial charge on any atom is 0.217 e. The van der Waals surface area contributed by atoms with Gasteiger partial charge in [0.25, 0.3) is 0 Å². The molecule has 134 valence electrons. The van der Waals surface area contributed by atoms with Crippen LogP contribution in [0.15, 0.2) is 66.7 Å². The SMILES string of the molecule is O=S(=O)(C/C=C/c1ccccc1)N1CCC2(C=Cc3ccccc32)CC1. The summed E-state index contributed by atoms with van der Waals surface area (Å²) in [6, 6.07) is 18.2. The zero-order chi connectivity index (χ0) is 18.0. The minimum absolute atomic E-state index is 0.0164. The molecule has 26 heavy (non-hydrogen) atoms. The Morgan fingerprint density at radius 3 is 2.42 bits per heavy atom. The first-order chi connectivity index (χ1) is 12.6. The summed E-state index contributed by atoms with van der Waals surface area (Å²) in [7, 11) is -3.25. The molecule has 1 aliphatic heterocycles. The number of rotatable bonds is 4. The first-order valence-electron chi connectivity index (χ1n) is 9.07. The molecular formula is C22H23NO2S. The molecule has 1 aliphatic carbocycles. The van der Waals surface area contributed by atoms with Gasteiger partial charge < -0.3 is 0 Å². The number of fused-ring (bicyclic) bond motifs is 2. The van der Waals surface area contributed by atoms with Crippen molar-refractivity contribution in [1.29, 1.82) is 0 Å². The van der Waals surface area contributed by atoms with Crippen molar-refractivity contribution in [2.75, 3.05) is 18.8 Å². The number of sulfonamides is 1. The molecule has 1 heterocycles. The van der Waals surface area contributed by atoms with Crippen molar-refractivity contribution in [2.45, 2.75) is 18.3 Å². The van der Waals surface area contributed by atoms with Crippen LogP contribution < -0.4 is 0 Å². The summed E-state index contributed by atoms with van der Waals surface area (Å²) in [5.74, 6) is 0.0569. The summed E-state index contributed by atoms with van der Waals surface area (Å²) >= 11 is 0. The molecule has 2 aliphatic rings. The normalized spacial score (nSPS) is 19.2. The highest BCUT2D eigenvalue weighted by Gasteiger charge is 2.40. The summed E-state index contributed by atoms with van der Waals surface area (Å²) in [4.78, 5) is 0.